The Balaban J connectivity index is 1.27. The maximum atomic E-state index is 14.4. The molecule has 0 radical (unpaired) electrons. The van der Waals surface area contributed by atoms with Gasteiger partial charge in [-0.2, -0.15) is 0 Å². The third-order valence-corrected chi connectivity index (χ3v) is 9.27. The highest BCUT2D eigenvalue weighted by molar-refractivity contribution is 6.24. The summed E-state index contributed by atoms with van der Waals surface area (Å²) in [4.78, 5) is 48.8. The number of hydrogen-bond donors (Lipinski definition) is 2. The monoisotopic (exact) mass is 560 g/mol. The molecule has 4 amide bonds. The predicted octanol–water partition coefficient (Wildman–Crippen LogP) is 6.80. The molecular formula is C35H36N4O3. The van der Waals surface area contributed by atoms with Crippen LogP contribution in [0.4, 0.5) is 10.5 Å². The number of H-pyrrole nitrogens is 1. The maximum Gasteiger partial charge on any atom is 0.332 e. The van der Waals surface area contributed by atoms with Crippen molar-refractivity contribution in [2.75, 3.05) is 4.90 Å². The quantitative estimate of drug-likeness (QED) is 0.269. The Morgan fingerprint density at radius 1 is 0.857 bits per heavy atom. The molecule has 2 atom stereocenters. The fourth-order valence-corrected chi connectivity index (χ4v) is 7.12. The lowest BCUT2D eigenvalue weighted by molar-refractivity contribution is -0.120. The maximum absolute atomic E-state index is 14.4. The summed E-state index contributed by atoms with van der Waals surface area (Å²) in [5, 5.41) is 4.29. The van der Waals surface area contributed by atoms with Gasteiger partial charge >= 0.3 is 6.03 Å². The van der Waals surface area contributed by atoms with E-state index in [-0.39, 0.29) is 17.9 Å². The molecule has 42 heavy (non-hydrogen) atoms. The van der Waals surface area contributed by atoms with Gasteiger partial charge in [-0.15, -0.1) is 0 Å². The van der Waals surface area contributed by atoms with Gasteiger partial charge in [-0.1, -0.05) is 92.3 Å². The predicted molar refractivity (Wildman–Crippen MR) is 164 cm³/mol. The lowest BCUT2D eigenvalue weighted by Gasteiger charge is -2.36. The minimum atomic E-state index is -0.669. The Labute approximate surface area is 245 Å². The normalized spacial score (nSPS) is 21.2. The number of benzene rings is 3. The first-order valence-electron chi connectivity index (χ1n) is 15.2. The summed E-state index contributed by atoms with van der Waals surface area (Å²) >= 11 is 0. The van der Waals surface area contributed by atoms with E-state index < -0.39 is 18.1 Å². The molecule has 7 nitrogen and oxygen atoms in total. The number of aromatic amines is 1. The van der Waals surface area contributed by atoms with Crippen molar-refractivity contribution >= 4 is 34.4 Å². The van der Waals surface area contributed by atoms with Crippen molar-refractivity contribution < 1.29 is 14.4 Å². The van der Waals surface area contributed by atoms with Gasteiger partial charge in [0.15, 0.2) is 0 Å². The fourth-order valence-electron chi connectivity index (χ4n) is 7.12. The van der Waals surface area contributed by atoms with Crippen LogP contribution < -0.4 is 10.2 Å². The molecule has 1 saturated carbocycles. The summed E-state index contributed by atoms with van der Waals surface area (Å²) in [7, 11) is 0. The number of urea groups is 1. The van der Waals surface area contributed by atoms with Crippen molar-refractivity contribution in [2.24, 2.45) is 0 Å². The average molecular weight is 561 g/mol. The van der Waals surface area contributed by atoms with Crippen LogP contribution in [0.3, 0.4) is 0 Å². The van der Waals surface area contributed by atoms with Crippen LogP contribution in [0, 0.1) is 6.92 Å². The summed E-state index contributed by atoms with van der Waals surface area (Å²) < 4.78 is 0. The second-order valence-corrected chi connectivity index (χ2v) is 12.0. The Morgan fingerprint density at radius 2 is 1.55 bits per heavy atom. The number of anilines is 1. The van der Waals surface area contributed by atoms with Crippen LogP contribution in [0.5, 0.6) is 0 Å². The SMILES string of the molecule is Cc1ccc(C2c3[nH]c4ccccc4c3CC3C(=O)N(c4ccccc4C(=O)NC4CCCCCCC4)C(=O)N32)cc1. The second kappa shape index (κ2) is 10.8. The van der Waals surface area contributed by atoms with E-state index >= 15 is 0 Å². The van der Waals surface area contributed by atoms with Crippen molar-refractivity contribution in [3.05, 3.63) is 101 Å². The van der Waals surface area contributed by atoms with E-state index in [1.54, 1.807) is 29.2 Å². The lowest BCUT2D eigenvalue weighted by Crippen LogP contribution is -2.44. The number of carbonyl (C=O) groups is 3. The van der Waals surface area contributed by atoms with Crippen LogP contribution in [0.15, 0.2) is 72.8 Å². The van der Waals surface area contributed by atoms with Crippen LogP contribution in [0.25, 0.3) is 10.9 Å². The van der Waals surface area contributed by atoms with E-state index in [1.165, 1.54) is 24.2 Å². The smallest absolute Gasteiger partial charge is 0.332 e. The number of amides is 4. The van der Waals surface area contributed by atoms with Gasteiger partial charge in [0.1, 0.15) is 12.1 Å². The first-order valence-corrected chi connectivity index (χ1v) is 15.2. The molecular weight excluding hydrogens is 524 g/mol. The van der Waals surface area contributed by atoms with E-state index in [1.807, 2.05) is 49.4 Å². The van der Waals surface area contributed by atoms with Gasteiger partial charge in [-0.3, -0.25) is 14.5 Å². The largest absolute Gasteiger partial charge is 0.356 e. The molecule has 4 aromatic rings. The number of nitrogens with zero attached hydrogens (tertiary/aromatic N) is 2. The Kier molecular flexibility index (Phi) is 6.81. The topological polar surface area (TPSA) is 85.5 Å². The minimum absolute atomic E-state index is 0.103. The minimum Gasteiger partial charge on any atom is -0.356 e. The molecule has 1 aliphatic carbocycles. The molecule has 7 heteroatoms. The number of nitrogens with one attached hydrogen (secondary N) is 2. The first kappa shape index (κ1) is 26.5. The van der Waals surface area contributed by atoms with Crippen molar-refractivity contribution in [1.82, 2.24) is 15.2 Å². The zero-order valence-corrected chi connectivity index (χ0v) is 23.9. The summed E-state index contributed by atoms with van der Waals surface area (Å²) in [6.45, 7) is 2.03. The van der Waals surface area contributed by atoms with Crippen LogP contribution in [-0.4, -0.2) is 39.8 Å². The zero-order chi connectivity index (χ0) is 28.8. The molecule has 2 aliphatic heterocycles. The van der Waals surface area contributed by atoms with E-state index in [0.717, 1.165) is 59.0 Å². The highest BCUT2D eigenvalue weighted by Gasteiger charge is 2.53. The van der Waals surface area contributed by atoms with Gasteiger partial charge in [-0.05, 0) is 49.1 Å². The summed E-state index contributed by atoms with van der Waals surface area (Å²) in [5.41, 5.74) is 5.77. The second-order valence-electron chi connectivity index (χ2n) is 12.0. The molecule has 1 aromatic heterocycles. The third-order valence-electron chi connectivity index (χ3n) is 9.27. The number of aryl methyl sites for hydroxylation is 1. The number of hydrogen-bond acceptors (Lipinski definition) is 3. The number of carbonyl (C=O) groups excluding carboxylic acids is 3. The molecule has 0 spiro atoms. The Morgan fingerprint density at radius 3 is 2.33 bits per heavy atom. The molecule has 0 bridgehead atoms. The van der Waals surface area contributed by atoms with Gasteiger partial charge in [-0.25, -0.2) is 9.69 Å². The lowest BCUT2D eigenvalue weighted by atomic mass is 9.88. The van der Waals surface area contributed by atoms with E-state index in [2.05, 4.69) is 16.4 Å². The fraction of sp³-hybridized carbons (Fsp3) is 0.343. The standard InChI is InChI=1S/C35H36N4O3/c1-22-17-19-23(20-18-22)32-31-27(25-13-7-9-15-28(25)37-31)21-30-34(41)39(35(42)38(30)32)29-16-10-8-14-26(29)33(40)36-24-11-5-3-2-4-6-12-24/h7-10,13-20,24,30,32,37H,2-6,11-12,21H2,1H3,(H,36,40). The molecule has 3 heterocycles. The summed E-state index contributed by atoms with van der Waals surface area (Å²) in [5.74, 6) is -0.521. The molecule has 214 valence electrons. The summed E-state index contributed by atoms with van der Waals surface area (Å²) in [6.07, 6.45) is 8.16. The van der Waals surface area contributed by atoms with Crippen LogP contribution in [-0.2, 0) is 11.2 Å². The van der Waals surface area contributed by atoms with Gasteiger partial charge in [0.05, 0.1) is 11.3 Å². The highest BCUT2D eigenvalue weighted by atomic mass is 16.2. The third kappa shape index (κ3) is 4.48. The van der Waals surface area contributed by atoms with Crippen LogP contribution in [0.2, 0.25) is 0 Å². The van der Waals surface area contributed by atoms with Gasteiger partial charge in [0, 0.05) is 29.1 Å². The Hall–Kier alpha value is -4.39. The van der Waals surface area contributed by atoms with E-state index in [9.17, 15) is 14.4 Å². The molecule has 3 aromatic carbocycles. The van der Waals surface area contributed by atoms with Crippen molar-refractivity contribution in [1.29, 1.82) is 0 Å². The molecule has 2 N–H and O–H groups in total. The van der Waals surface area contributed by atoms with E-state index in [4.69, 9.17) is 0 Å². The molecule has 7 rings (SSSR count). The number of aromatic nitrogens is 1. The van der Waals surface area contributed by atoms with Crippen molar-refractivity contribution in [3.8, 4) is 0 Å². The van der Waals surface area contributed by atoms with Crippen LogP contribution >= 0.6 is 0 Å². The van der Waals surface area contributed by atoms with Crippen LogP contribution in [0.1, 0.15) is 83.7 Å². The van der Waals surface area contributed by atoms with Gasteiger partial charge in [0.25, 0.3) is 11.8 Å². The van der Waals surface area contributed by atoms with Gasteiger partial charge in [0.2, 0.25) is 0 Å². The number of rotatable bonds is 4. The first-order chi connectivity index (χ1) is 20.5. The molecule has 3 aliphatic rings. The number of imide groups is 1. The molecule has 2 unspecified atom stereocenters. The van der Waals surface area contributed by atoms with E-state index in [0.29, 0.717) is 17.7 Å². The number of para-hydroxylation sites is 2. The summed E-state index contributed by atoms with van der Waals surface area (Å²) in [6, 6.07) is 21.8. The number of fused-ring (bicyclic) bond motifs is 4. The average Bonchev–Trinajstić information content (AvgIpc) is 3.48. The Bertz CT molecular complexity index is 1670. The van der Waals surface area contributed by atoms with Crippen molar-refractivity contribution in [3.63, 3.8) is 0 Å². The zero-order valence-electron chi connectivity index (χ0n) is 23.9. The molecule has 1 saturated heterocycles. The van der Waals surface area contributed by atoms with Crippen molar-refractivity contribution in [2.45, 2.75) is 76.4 Å². The highest BCUT2D eigenvalue weighted by Crippen LogP contribution is 2.45. The molecule has 2 fully saturated rings. The van der Waals surface area contributed by atoms with Gasteiger partial charge < -0.3 is 10.3 Å².